The van der Waals surface area contributed by atoms with E-state index in [1.54, 1.807) is 36.4 Å². The largest absolute Gasteiger partial charge is 0.507 e. The van der Waals surface area contributed by atoms with Crippen LogP contribution in [0.3, 0.4) is 0 Å². The van der Waals surface area contributed by atoms with Crippen LogP contribution in [-0.4, -0.2) is 23.2 Å². The summed E-state index contributed by atoms with van der Waals surface area (Å²) in [6.45, 7) is 14.4. The SMILES string of the molecule is Cc1ccc(C(=O)Oc2cccc(/C=N\NC(=O)CCc3cc(C(C)(C)C)c(O)c(C(C)(C)C)c3)c2)cc1. The molecule has 0 bridgehead atoms. The van der Waals surface area contributed by atoms with Gasteiger partial charge in [-0.05, 0) is 70.7 Å². The number of esters is 1. The smallest absolute Gasteiger partial charge is 0.343 e. The van der Waals surface area contributed by atoms with Gasteiger partial charge < -0.3 is 9.84 Å². The number of aryl methyl sites for hydroxylation is 2. The van der Waals surface area contributed by atoms with Gasteiger partial charge in [0, 0.05) is 6.42 Å². The number of nitrogens with zero attached hydrogens (tertiary/aromatic N) is 1. The third-order valence-electron chi connectivity index (χ3n) is 6.19. The van der Waals surface area contributed by atoms with Crippen molar-refractivity contribution < 1.29 is 19.4 Å². The van der Waals surface area contributed by atoms with E-state index in [1.807, 2.05) is 31.2 Å². The second-order valence-electron chi connectivity index (χ2n) is 11.7. The van der Waals surface area contributed by atoms with Crippen molar-refractivity contribution in [2.75, 3.05) is 0 Å². The Bertz CT molecular complexity index is 1290. The van der Waals surface area contributed by atoms with Gasteiger partial charge in [-0.3, -0.25) is 4.79 Å². The van der Waals surface area contributed by atoms with Gasteiger partial charge in [0.1, 0.15) is 11.5 Å². The molecule has 1 amide bonds. The summed E-state index contributed by atoms with van der Waals surface area (Å²) >= 11 is 0. The van der Waals surface area contributed by atoms with Crippen LogP contribution in [0.5, 0.6) is 11.5 Å². The minimum absolute atomic E-state index is 0.217. The third kappa shape index (κ3) is 7.78. The highest BCUT2D eigenvalue weighted by Gasteiger charge is 2.26. The Morgan fingerprint density at radius 2 is 1.53 bits per heavy atom. The number of rotatable bonds is 7. The molecule has 0 atom stereocenters. The van der Waals surface area contributed by atoms with E-state index in [0.29, 0.717) is 29.0 Å². The molecule has 6 heteroatoms. The Balaban J connectivity index is 1.61. The summed E-state index contributed by atoms with van der Waals surface area (Å²) in [5.41, 5.74) is 7.09. The van der Waals surface area contributed by atoms with Crippen molar-refractivity contribution in [2.24, 2.45) is 5.10 Å². The van der Waals surface area contributed by atoms with Gasteiger partial charge >= 0.3 is 5.97 Å². The predicted octanol–water partition coefficient (Wildman–Crippen LogP) is 6.60. The van der Waals surface area contributed by atoms with E-state index < -0.39 is 5.97 Å². The van der Waals surface area contributed by atoms with E-state index in [2.05, 4.69) is 52.1 Å². The zero-order valence-corrected chi connectivity index (χ0v) is 23.4. The van der Waals surface area contributed by atoms with Crippen LogP contribution in [-0.2, 0) is 22.0 Å². The van der Waals surface area contributed by atoms with Crippen molar-refractivity contribution in [1.29, 1.82) is 0 Å². The molecule has 6 nitrogen and oxygen atoms in total. The van der Waals surface area contributed by atoms with Gasteiger partial charge in [-0.1, -0.05) is 83.5 Å². The fraction of sp³-hybridized carbons (Fsp3) is 0.344. The van der Waals surface area contributed by atoms with Crippen LogP contribution in [0.1, 0.15) is 86.1 Å². The number of carbonyl (C=O) groups is 2. The van der Waals surface area contributed by atoms with Crippen LogP contribution in [0.2, 0.25) is 0 Å². The van der Waals surface area contributed by atoms with E-state index in [4.69, 9.17) is 4.74 Å². The lowest BCUT2D eigenvalue weighted by Crippen LogP contribution is -2.20. The normalized spacial score (nSPS) is 12.0. The number of hydrazone groups is 1. The number of hydrogen-bond acceptors (Lipinski definition) is 5. The molecule has 3 aromatic rings. The number of amides is 1. The number of nitrogens with one attached hydrogen (secondary N) is 1. The molecule has 200 valence electrons. The maximum Gasteiger partial charge on any atom is 0.343 e. The molecule has 3 aromatic carbocycles. The molecule has 0 saturated heterocycles. The molecule has 0 saturated carbocycles. The van der Waals surface area contributed by atoms with Gasteiger partial charge in [0.25, 0.3) is 0 Å². The molecule has 0 radical (unpaired) electrons. The molecule has 0 fully saturated rings. The molecule has 0 unspecified atom stereocenters. The lowest BCUT2D eigenvalue weighted by atomic mass is 9.78. The van der Waals surface area contributed by atoms with E-state index in [-0.39, 0.29) is 23.2 Å². The van der Waals surface area contributed by atoms with E-state index in [1.165, 1.54) is 6.21 Å². The van der Waals surface area contributed by atoms with Crippen LogP contribution in [0, 0.1) is 6.92 Å². The van der Waals surface area contributed by atoms with Crippen LogP contribution >= 0.6 is 0 Å². The number of phenols is 1. The summed E-state index contributed by atoms with van der Waals surface area (Å²) in [4.78, 5) is 24.9. The fourth-order valence-corrected chi connectivity index (χ4v) is 3.99. The number of hydrogen-bond donors (Lipinski definition) is 2. The highest BCUT2D eigenvalue weighted by atomic mass is 16.5. The molecule has 0 aliphatic heterocycles. The summed E-state index contributed by atoms with van der Waals surface area (Å²) in [5, 5.41) is 15.0. The van der Waals surface area contributed by atoms with Gasteiger partial charge in [-0.25, -0.2) is 10.2 Å². The van der Waals surface area contributed by atoms with Crippen molar-refractivity contribution >= 4 is 18.1 Å². The highest BCUT2D eigenvalue weighted by Crippen LogP contribution is 2.40. The van der Waals surface area contributed by atoms with E-state index in [0.717, 1.165) is 22.3 Å². The van der Waals surface area contributed by atoms with Gasteiger partial charge in [0.2, 0.25) is 5.91 Å². The topological polar surface area (TPSA) is 88.0 Å². The van der Waals surface area contributed by atoms with Crippen molar-refractivity contribution in [3.8, 4) is 11.5 Å². The van der Waals surface area contributed by atoms with Gasteiger partial charge in [0.05, 0.1) is 11.8 Å². The minimum Gasteiger partial charge on any atom is -0.507 e. The predicted molar refractivity (Wildman–Crippen MR) is 152 cm³/mol. The Morgan fingerprint density at radius 3 is 2.11 bits per heavy atom. The van der Waals surface area contributed by atoms with E-state index >= 15 is 0 Å². The fourth-order valence-electron chi connectivity index (χ4n) is 3.99. The number of benzene rings is 3. The Morgan fingerprint density at radius 1 is 0.921 bits per heavy atom. The number of aromatic hydroxyl groups is 1. The van der Waals surface area contributed by atoms with Gasteiger partial charge in [0.15, 0.2) is 0 Å². The summed E-state index contributed by atoms with van der Waals surface area (Å²) in [6, 6.07) is 18.1. The summed E-state index contributed by atoms with van der Waals surface area (Å²) in [7, 11) is 0. The Kier molecular flexibility index (Phi) is 8.77. The Labute approximate surface area is 225 Å². The minimum atomic E-state index is -0.439. The van der Waals surface area contributed by atoms with Crippen molar-refractivity contribution in [3.05, 3.63) is 94.0 Å². The van der Waals surface area contributed by atoms with Crippen molar-refractivity contribution in [3.63, 3.8) is 0 Å². The maximum absolute atomic E-state index is 12.5. The third-order valence-corrected chi connectivity index (χ3v) is 6.19. The van der Waals surface area contributed by atoms with Crippen molar-refractivity contribution in [2.45, 2.75) is 72.1 Å². The molecule has 0 aromatic heterocycles. The summed E-state index contributed by atoms with van der Waals surface area (Å²) < 4.78 is 5.47. The molecule has 0 heterocycles. The average Bonchev–Trinajstić information content (AvgIpc) is 2.82. The summed E-state index contributed by atoms with van der Waals surface area (Å²) in [6.07, 6.45) is 2.29. The molecule has 3 rings (SSSR count). The van der Waals surface area contributed by atoms with Crippen LogP contribution in [0.15, 0.2) is 65.8 Å². The molecule has 38 heavy (non-hydrogen) atoms. The Hall–Kier alpha value is -3.93. The molecular weight excluding hydrogens is 476 g/mol. The first kappa shape index (κ1) is 28.6. The second-order valence-corrected chi connectivity index (χ2v) is 11.7. The van der Waals surface area contributed by atoms with E-state index in [9.17, 15) is 14.7 Å². The quantitative estimate of drug-likeness (QED) is 0.161. The first-order valence-corrected chi connectivity index (χ1v) is 12.8. The zero-order chi connectivity index (χ0) is 28.1. The first-order valence-electron chi connectivity index (χ1n) is 12.8. The first-order chi connectivity index (χ1) is 17.7. The standard InChI is InChI=1S/C32H38N2O4/c1-21-11-14-24(15-12-21)30(37)38-25-10-8-9-23(17-25)20-33-34-28(35)16-13-22-18-26(31(2,3)4)29(36)27(19-22)32(5,6)7/h8-12,14-15,17-20,36H,13,16H2,1-7H3,(H,34,35)/b33-20-. The lowest BCUT2D eigenvalue weighted by Gasteiger charge is -2.28. The maximum atomic E-state index is 12.5. The number of ether oxygens (including phenoxy) is 1. The number of phenolic OH excluding ortho intramolecular Hbond substituents is 1. The van der Waals surface area contributed by atoms with Crippen LogP contribution in [0.4, 0.5) is 0 Å². The second kappa shape index (κ2) is 11.6. The van der Waals surface area contributed by atoms with Gasteiger partial charge in [-0.15, -0.1) is 0 Å². The molecule has 2 N–H and O–H groups in total. The molecule has 0 aliphatic rings. The van der Waals surface area contributed by atoms with Crippen molar-refractivity contribution in [1.82, 2.24) is 5.43 Å². The highest BCUT2D eigenvalue weighted by molar-refractivity contribution is 5.91. The van der Waals surface area contributed by atoms with Crippen LogP contribution in [0.25, 0.3) is 0 Å². The molecule has 0 aliphatic carbocycles. The molecular formula is C32H38N2O4. The van der Waals surface area contributed by atoms with Crippen LogP contribution < -0.4 is 10.2 Å². The van der Waals surface area contributed by atoms with Gasteiger partial charge in [-0.2, -0.15) is 5.10 Å². The summed E-state index contributed by atoms with van der Waals surface area (Å²) in [5.74, 6) is 0.0637. The molecule has 0 spiro atoms. The number of carbonyl (C=O) groups excluding carboxylic acids is 2. The monoisotopic (exact) mass is 514 g/mol. The average molecular weight is 515 g/mol. The lowest BCUT2D eigenvalue weighted by molar-refractivity contribution is -0.121. The zero-order valence-electron chi connectivity index (χ0n) is 23.4.